The summed E-state index contributed by atoms with van der Waals surface area (Å²) in [6.07, 6.45) is 4.97. The van der Waals surface area contributed by atoms with Gasteiger partial charge in [-0.2, -0.15) is 0 Å². The zero-order valence-corrected chi connectivity index (χ0v) is 42.6. The Labute approximate surface area is 374 Å². The van der Waals surface area contributed by atoms with Gasteiger partial charge in [0.05, 0.1) is 41.0 Å². The van der Waals surface area contributed by atoms with Crippen LogP contribution in [0, 0.1) is 13.8 Å². The lowest BCUT2D eigenvalue weighted by Crippen LogP contribution is -2.65. The Balaban J connectivity index is 1.36. The second-order valence-electron chi connectivity index (χ2n) is 23.1. The van der Waals surface area contributed by atoms with Gasteiger partial charge in [0.25, 0.3) is 6.71 Å². The minimum Gasteiger partial charge on any atom is -0.335 e. The molecule has 1 aliphatic carbocycles. The SMILES string of the molecule is Cc1ccccc1N(c1cc2c3c(c1)-n1c4ccc([Si](C)(C)C)cc4c4cc([Si](C)(C)C)cc(c41)B3c1cc([Si](C)(C)C)cc3c1N2C1(C)CCCCC31C)c1ccccc1C. The number of hydrogen-bond acceptors (Lipinski definition) is 2. The van der Waals surface area contributed by atoms with Crippen molar-refractivity contribution in [2.75, 3.05) is 9.80 Å². The summed E-state index contributed by atoms with van der Waals surface area (Å²) in [4.78, 5) is 5.52. The van der Waals surface area contributed by atoms with Crippen LogP contribution in [0.1, 0.15) is 56.2 Å². The summed E-state index contributed by atoms with van der Waals surface area (Å²) < 4.78 is 2.74. The molecular formula is C55H64BN3Si3. The van der Waals surface area contributed by atoms with Crippen LogP contribution in [0.2, 0.25) is 58.9 Å². The molecule has 0 radical (unpaired) electrons. The lowest BCUT2D eigenvalue weighted by molar-refractivity contribution is 0.195. The first-order valence-electron chi connectivity index (χ1n) is 23.4. The highest BCUT2D eigenvalue weighted by molar-refractivity contribution is 7.01. The molecule has 7 heteroatoms. The van der Waals surface area contributed by atoms with Gasteiger partial charge in [0.15, 0.2) is 0 Å². The van der Waals surface area contributed by atoms with Gasteiger partial charge in [0.1, 0.15) is 0 Å². The van der Waals surface area contributed by atoms with E-state index in [0.29, 0.717) is 0 Å². The summed E-state index contributed by atoms with van der Waals surface area (Å²) >= 11 is 0. The highest BCUT2D eigenvalue weighted by Gasteiger charge is 2.61. The van der Waals surface area contributed by atoms with E-state index in [9.17, 15) is 0 Å². The van der Waals surface area contributed by atoms with Crippen LogP contribution >= 0.6 is 0 Å². The Bertz CT molecular complexity index is 3020. The van der Waals surface area contributed by atoms with Gasteiger partial charge in [-0.05, 0) is 97.0 Å². The molecule has 6 aromatic carbocycles. The average molecular weight is 862 g/mol. The molecule has 0 amide bonds. The van der Waals surface area contributed by atoms with E-state index in [1.54, 1.807) is 21.4 Å². The molecule has 1 fully saturated rings. The molecule has 2 atom stereocenters. The van der Waals surface area contributed by atoms with E-state index in [1.165, 1.54) is 109 Å². The van der Waals surface area contributed by atoms with Crippen molar-refractivity contribution in [3.05, 3.63) is 120 Å². The summed E-state index contributed by atoms with van der Waals surface area (Å²) in [5, 5.41) is 7.57. The van der Waals surface area contributed by atoms with E-state index in [2.05, 4.69) is 204 Å². The molecule has 0 N–H and O–H groups in total. The standard InChI is InChI=1S/C55H64BN3Si3/c1-35-20-14-16-22-46(35)57(47-23-17-15-21-36(47)2)37-28-49-51-50(29-37)59-53-43(54(3)26-18-19-27-55(54,59)4)32-40(62(11,12)13)34-45(53)56(51)44-33-39(61(8,9)10)31-42-41-30-38(60(5,6)7)24-25-48(41)58(49)52(42)44/h14-17,20-25,28-34H,18-19,26-27H2,1-13H3. The third-order valence-corrected chi connectivity index (χ3v) is 22.3. The maximum absolute atomic E-state index is 2.94. The van der Waals surface area contributed by atoms with Crippen LogP contribution in [-0.4, -0.2) is 41.0 Å². The molecule has 7 aromatic rings. The monoisotopic (exact) mass is 861 g/mol. The summed E-state index contributed by atoms with van der Waals surface area (Å²) in [5.41, 5.74) is 19.4. The second-order valence-corrected chi connectivity index (χ2v) is 38.4. The Morgan fingerprint density at radius 2 is 1.15 bits per heavy atom. The highest BCUT2D eigenvalue weighted by Crippen LogP contribution is 2.62. The lowest BCUT2D eigenvalue weighted by Gasteiger charge is -2.52. The summed E-state index contributed by atoms with van der Waals surface area (Å²) in [6, 6.07) is 41.6. The third kappa shape index (κ3) is 5.40. The number of hydrogen-bond donors (Lipinski definition) is 0. The van der Waals surface area contributed by atoms with Gasteiger partial charge in [0.2, 0.25) is 0 Å². The first-order valence-corrected chi connectivity index (χ1v) is 33.9. The number of fused-ring (bicyclic) bond motifs is 10. The first-order chi connectivity index (χ1) is 29.2. The highest BCUT2D eigenvalue weighted by atomic mass is 28.3. The number of aryl methyl sites for hydroxylation is 2. The van der Waals surface area contributed by atoms with E-state index < -0.39 is 24.2 Å². The molecule has 3 nitrogen and oxygen atoms in total. The Kier molecular flexibility index (Phi) is 8.44. The maximum Gasteiger partial charge on any atom is 0.252 e. The van der Waals surface area contributed by atoms with Crippen molar-refractivity contribution in [1.82, 2.24) is 4.57 Å². The van der Waals surface area contributed by atoms with Crippen molar-refractivity contribution in [1.29, 1.82) is 0 Å². The van der Waals surface area contributed by atoms with E-state index in [4.69, 9.17) is 0 Å². The summed E-state index contributed by atoms with van der Waals surface area (Å²) in [7, 11) is -5.08. The van der Waals surface area contributed by atoms with Gasteiger partial charge in [-0.3, -0.25) is 0 Å². The van der Waals surface area contributed by atoms with Gasteiger partial charge < -0.3 is 14.4 Å². The van der Waals surface area contributed by atoms with Gasteiger partial charge in [-0.15, -0.1) is 0 Å². The van der Waals surface area contributed by atoms with Crippen molar-refractivity contribution in [3.63, 3.8) is 0 Å². The van der Waals surface area contributed by atoms with Crippen LogP contribution in [0.15, 0.2) is 103 Å². The predicted octanol–water partition coefficient (Wildman–Crippen LogP) is 11.4. The molecule has 62 heavy (non-hydrogen) atoms. The Morgan fingerprint density at radius 3 is 1.77 bits per heavy atom. The minimum absolute atomic E-state index is 0.0395. The fourth-order valence-electron chi connectivity index (χ4n) is 12.4. The molecule has 3 aliphatic heterocycles. The smallest absolute Gasteiger partial charge is 0.252 e. The average Bonchev–Trinajstić information content (AvgIpc) is 3.65. The van der Waals surface area contributed by atoms with Gasteiger partial charge in [-0.1, -0.05) is 167 Å². The van der Waals surface area contributed by atoms with Gasteiger partial charge in [-0.25, -0.2) is 0 Å². The normalized spacial score (nSPS) is 20.1. The van der Waals surface area contributed by atoms with Crippen LogP contribution < -0.4 is 41.7 Å². The molecule has 1 aromatic heterocycles. The first kappa shape index (κ1) is 40.2. The molecule has 1 saturated carbocycles. The number of para-hydroxylation sites is 2. The molecule has 4 heterocycles. The molecular weight excluding hydrogens is 798 g/mol. The number of benzene rings is 6. The third-order valence-electron chi connectivity index (χ3n) is 16.2. The molecule has 0 saturated heterocycles. The lowest BCUT2D eigenvalue weighted by atomic mass is 9.33. The van der Waals surface area contributed by atoms with Crippen molar-refractivity contribution < 1.29 is 0 Å². The van der Waals surface area contributed by atoms with E-state index in [0.717, 1.165) is 0 Å². The number of aromatic nitrogens is 1. The topological polar surface area (TPSA) is 11.4 Å². The largest absolute Gasteiger partial charge is 0.335 e. The van der Waals surface area contributed by atoms with Gasteiger partial charge in [0, 0.05) is 50.1 Å². The van der Waals surface area contributed by atoms with Crippen molar-refractivity contribution >= 4 is 113 Å². The van der Waals surface area contributed by atoms with Crippen molar-refractivity contribution in [2.45, 2.75) is 123 Å². The predicted molar refractivity (Wildman–Crippen MR) is 281 cm³/mol. The quantitative estimate of drug-likeness (QED) is 0.154. The Morgan fingerprint density at radius 1 is 0.581 bits per heavy atom. The fourth-order valence-corrected chi connectivity index (χ4v) is 15.8. The molecule has 11 rings (SSSR count). The molecule has 314 valence electrons. The Hall–Kier alpha value is -4.56. The van der Waals surface area contributed by atoms with Crippen LogP contribution in [0.4, 0.5) is 28.4 Å². The van der Waals surface area contributed by atoms with Crippen molar-refractivity contribution in [3.8, 4) is 5.69 Å². The van der Waals surface area contributed by atoms with Crippen LogP contribution in [0.3, 0.4) is 0 Å². The number of rotatable bonds is 6. The number of nitrogens with zero attached hydrogens (tertiary/aromatic N) is 3. The molecule has 0 spiro atoms. The summed E-state index contributed by atoms with van der Waals surface area (Å²) in [6.45, 7) is 32.8. The maximum atomic E-state index is 2.94. The van der Waals surface area contributed by atoms with Crippen LogP contribution in [-0.2, 0) is 5.41 Å². The molecule has 0 bridgehead atoms. The van der Waals surface area contributed by atoms with Crippen molar-refractivity contribution in [2.24, 2.45) is 0 Å². The van der Waals surface area contributed by atoms with Crippen LogP contribution in [0.5, 0.6) is 0 Å². The van der Waals surface area contributed by atoms with E-state index in [1.807, 2.05) is 0 Å². The second kappa shape index (κ2) is 13.0. The van der Waals surface area contributed by atoms with E-state index >= 15 is 0 Å². The summed E-state index contributed by atoms with van der Waals surface area (Å²) in [5.74, 6) is 0. The molecule has 4 aliphatic rings. The molecule has 2 unspecified atom stereocenters. The minimum atomic E-state index is -1.75. The van der Waals surface area contributed by atoms with Crippen LogP contribution in [0.25, 0.3) is 27.5 Å². The number of anilines is 5. The van der Waals surface area contributed by atoms with Gasteiger partial charge >= 0.3 is 0 Å². The zero-order chi connectivity index (χ0) is 43.6. The fraction of sp³-hybridized carbons (Fsp3) is 0.345. The zero-order valence-electron chi connectivity index (χ0n) is 39.6. The van der Waals surface area contributed by atoms with E-state index in [-0.39, 0.29) is 17.7 Å².